The number of nitro groups is 1. The van der Waals surface area contributed by atoms with Crippen molar-refractivity contribution in [2.75, 3.05) is 0 Å². The Hall–Kier alpha value is -2.82. The Labute approximate surface area is 158 Å². The summed E-state index contributed by atoms with van der Waals surface area (Å²) in [5.74, 6) is -1.54. The number of thioether (sulfide) groups is 1. The van der Waals surface area contributed by atoms with Gasteiger partial charge in [-0.05, 0) is 31.5 Å². The van der Waals surface area contributed by atoms with Gasteiger partial charge in [0, 0.05) is 16.9 Å². The number of fused-ring (bicyclic) bond motifs is 1. The van der Waals surface area contributed by atoms with E-state index in [-0.39, 0.29) is 12.3 Å². The third-order valence-electron chi connectivity index (χ3n) is 4.47. The molecule has 10 nitrogen and oxygen atoms in total. The normalized spacial score (nSPS) is 25.3. The van der Waals surface area contributed by atoms with Gasteiger partial charge in [0.15, 0.2) is 0 Å². The zero-order chi connectivity index (χ0) is 19.9. The lowest BCUT2D eigenvalue weighted by molar-refractivity contribution is -0.384. The van der Waals surface area contributed by atoms with Crippen LogP contribution in [0.3, 0.4) is 0 Å². The molecular weight excluding hydrogens is 378 g/mol. The molecule has 0 bridgehead atoms. The van der Waals surface area contributed by atoms with Gasteiger partial charge >= 0.3 is 12.1 Å². The molecule has 2 aliphatic rings. The van der Waals surface area contributed by atoms with Crippen LogP contribution in [0, 0.1) is 10.1 Å². The summed E-state index contributed by atoms with van der Waals surface area (Å²) in [4.78, 5) is 47.0. The van der Waals surface area contributed by atoms with Crippen LogP contribution in [0.2, 0.25) is 0 Å². The first-order chi connectivity index (χ1) is 12.6. The Morgan fingerprint density at radius 2 is 2.00 bits per heavy atom. The van der Waals surface area contributed by atoms with Crippen molar-refractivity contribution in [2.24, 2.45) is 0 Å². The molecule has 0 aromatic heterocycles. The number of β-lactam (4-membered cyclic amide) rings is 1. The summed E-state index contributed by atoms with van der Waals surface area (Å²) < 4.78 is 4.37. The smallest absolute Gasteiger partial charge is 0.408 e. The van der Waals surface area contributed by atoms with Gasteiger partial charge in [0.1, 0.15) is 24.1 Å². The van der Waals surface area contributed by atoms with E-state index in [9.17, 15) is 29.6 Å². The molecule has 2 saturated heterocycles. The Bertz CT molecular complexity index is 811. The van der Waals surface area contributed by atoms with Crippen LogP contribution in [0.5, 0.6) is 0 Å². The lowest BCUT2D eigenvalue weighted by Gasteiger charge is -2.43. The number of hydrogen-bond donors (Lipinski definition) is 2. The molecule has 1 aromatic rings. The van der Waals surface area contributed by atoms with E-state index in [0.717, 1.165) is 0 Å². The van der Waals surface area contributed by atoms with E-state index in [1.807, 2.05) is 0 Å². The molecule has 2 heterocycles. The zero-order valence-corrected chi connectivity index (χ0v) is 15.3. The standard InChI is InChI=1S/C16H17N3O7S/c1-16(2)11(14(21)22)18-12(20)10(13(18)27-16)17-15(23)26-7-8-3-5-9(6-4-8)19(24)25/h3-6,10-11,13H,7H2,1-2H3,(H,17,23)(H,21,22)/t10-,11+,13-/m1/s1. The van der Waals surface area contributed by atoms with Crippen molar-refractivity contribution >= 4 is 35.4 Å². The highest BCUT2D eigenvalue weighted by atomic mass is 32.2. The summed E-state index contributed by atoms with van der Waals surface area (Å²) in [6.07, 6.45) is -0.816. The zero-order valence-electron chi connectivity index (χ0n) is 14.4. The fraction of sp³-hybridized carbons (Fsp3) is 0.438. The molecule has 0 aliphatic carbocycles. The van der Waals surface area contributed by atoms with Crippen molar-refractivity contribution < 1.29 is 29.2 Å². The van der Waals surface area contributed by atoms with Gasteiger partial charge in [-0.3, -0.25) is 14.9 Å². The highest BCUT2D eigenvalue weighted by Crippen LogP contribution is 2.50. The van der Waals surface area contributed by atoms with Crippen LogP contribution >= 0.6 is 11.8 Å². The lowest BCUT2D eigenvalue weighted by atomic mass is 9.96. The first kappa shape index (κ1) is 19.0. The fourth-order valence-corrected chi connectivity index (χ4v) is 4.80. The molecule has 1 aromatic carbocycles. The summed E-state index contributed by atoms with van der Waals surface area (Å²) in [5.41, 5.74) is 0.483. The number of nitrogens with one attached hydrogen (secondary N) is 1. The second-order valence-corrected chi connectivity index (χ2v) is 8.49. The number of carboxylic acid groups (broad SMARTS) is 1. The number of rotatable bonds is 5. The van der Waals surface area contributed by atoms with Gasteiger partial charge in [-0.2, -0.15) is 0 Å². The maximum Gasteiger partial charge on any atom is 0.408 e. The number of nitrogens with zero attached hydrogens (tertiary/aromatic N) is 2. The Morgan fingerprint density at radius 3 is 2.56 bits per heavy atom. The molecule has 2 N–H and O–H groups in total. The summed E-state index contributed by atoms with van der Waals surface area (Å²) in [5, 5.41) is 22.0. The van der Waals surface area contributed by atoms with Gasteiger partial charge < -0.3 is 20.1 Å². The van der Waals surface area contributed by atoms with Crippen molar-refractivity contribution in [1.82, 2.24) is 10.2 Å². The molecule has 0 saturated carbocycles. The van der Waals surface area contributed by atoms with Gasteiger partial charge in [0.25, 0.3) is 5.69 Å². The second-order valence-electron chi connectivity index (χ2n) is 6.72. The van der Waals surface area contributed by atoms with Crippen molar-refractivity contribution in [2.45, 2.75) is 42.7 Å². The van der Waals surface area contributed by atoms with Gasteiger partial charge in [-0.1, -0.05) is 0 Å². The second kappa shape index (κ2) is 6.72. The fourth-order valence-electron chi connectivity index (χ4n) is 3.18. The van der Waals surface area contributed by atoms with Gasteiger partial charge in [-0.25, -0.2) is 9.59 Å². The van der Waals surface area contributed by atoms with Gasteiger partial charge in [0.05, 0.1) is 4.92 Å². The monoisotopic (exact) mass is 395 g/mol. The van der Waals surface area contributed by atoms with E-state index in [0.29, 0.717) is 5.56 Å². The Kier molecular flexibility index (Phi) is 4.72. The quantitative estimate of drug-likeness (QED) is 0.432. The molecule has 3 rings (SSSR count). The lowest BCUT2D eigenvalue weighted by Crippen LogP contribution is -2.70. The predicted octanol–water partition coefficient (Wildman–Crippen LogP) is 1.34. The first-order valence-electron chi connectivity index (χ1n) is 8.01. The summed E-state index contributed by atoms with van der Waals surface area (Å²) in [7, 11) is 0. The van der Waals surface area contributed by atoms with Crippen molar-refractivity contribution in [3.05, 3.63) is 39.9 Å². The third-order valence-corrected chi connectivity index (χ3v) is 6.04. The van der Waals surface area contributed by atoms with Crippen molar-refractivity contribution in [3.63, 3.8) is 0 Å². The highest BCUT2D eigenvalue weighted by molar-refractivity contribution is 8.01. The van der Waals surface area contributed by atoms with Gasteiger partial charge in [0.2, 0.25) is 5.91 Å². The summed E-state index contributed by atoms with van der Waals surface area (Å²) in [6, 6.07) is 3.74. The molecule has 3 atom stereocenters. The maximum absolute atomic E-state index is 12.3. The minimum Gasteiger partial charge on any atom is -0.480 e. The third kappa shape index (κ3) is 3.42. The van der Waals surface area contributed by atoms with Crippen LogP contribution in [-0.4, -0.2) is 55.1 Å². The maximum atomic E-state index is 12.3. The molecule has 0 unspecified atom stereocenters. The van der Waals surface area contributed by atoms with Gasteiger partial charge in [-0.15, -0.1) is 11.8 Å². The number of benzene rings is 1. The van der Waals surface area contributed by atoms with E-state index in [1.165, 1.54) is 40.9 Å². The number of ether oxygens (including phenoxy) is 1. The largest absolute Gasteiger partial charge is 0.480 e. The van der Waals surface area contributed by atoms with Crippen molar-refractivity contribution in [3.8, 4) is 0 Å². The molecule has 144 valence electrons. The minimum absolute atomic E-state index is 0.0720. The molecule has 2 fully saturated rings. The average molecular weight is 395 g/mol. The van der Waals surface area contributed by atoms with Crippen LogP contribution < -0.4 is 5.32 Å². The number of aliphatic carboxylic acids is 1. The number of alkyl carbamates (subject to hydrolysis) is 1. The van der Waals surface area contributed by atoms with E-state index in [2.05, 4.69) is 5.32 Å². The van der Waals surface area contributed by atoms with E-state index in [1.54, 1.807) is 13.8 Å². The first-order valence-corrected chi connectivity index (χ1v) is 8.89. The molecule has 0 spiro atoms. The minimum atomic E-state index is -1.08. The molecule has 11 heteroatoms. The number of carbonyl (C=O) groups is 3. The molecule has 2 amide bonds. The topological polar surface area (TPSA) is 139 Å². The van der Waals surface area contributed by atoms with Crippen LogP contribution in [0.4, 0.5) is 10.5 Å². The number of nitro benzene ring substituents is 1. The molecule has 2 aliphatic heterocycles. The molecule has 0 radical (unpaired) electrons. The van der Waals surface area contributed by atoms with Crippen LogP contribution in [0.25, 0.3) is 0 Å². The molecule has 27 heavy (non-hydrogen) atoms. The summed E-state index contributed by atoms with van der Waals surface area (Å²) in [6.45, 7) is 3.37. The predicted molar refractivity (Wildman–Crippen MR) is 93.9 cm³/mol. The Balaban J connectivity index is 1.56. The Morgan fingerprint density at radius 1 is 1.37 bits per heavy atom. The van der Waals surface area contributed by atoms with E-state index >= 15 is 0 Å². The average Bonchev–Trinajstić information content (AvgIpc) is 2.86. The number of hydrogen-bond acceptors (Lipinski definition) is 7. The van der Waals surface area contributed by atoms with Crippen LogP contribution in [0.1, 0.15) is 19.4 Å². The number of amides is 2. The number of carboxylic acids is 1. The molecular formula is C16H17N3O7S. The van der Waals surface area contributed by atoms with E-state index < -0.39 is 45.1 Å². The number of carbonyl (C=O) groups excluding carboxylic acids is 2. The van der Waals surface area contributed by atoms with E-state index in [4.69, 9.17) is 4.74 Å². The number of non-ortho nitro benzene ring substituents is 1. The highest BCUT2D eigenvalue weighted by Gasteiger charge is 2.64. The van der Waals surface area contributed by atoms with Crippen LogP contribution in [-0.2, 0) is 20.9 Å². The SMILES string of the molecule is CC1(C)S[C@@H]2[C@H](NC(=O)OCc3ccc([N+](=O)[O-])cc3)C(=O)N2[C@H]1C(=O)O. The van der Waals surface area contributed by atoms with Crippen molar-refractivity contribution in [1.29, 1.82) is 0 Å². The summed E-state index contributed by atoms with van der Waals surface area (Å²) >= 11 is 1.32. The van der Waals surface area contributed by atoms with Crippen LogP contribution in [0.15, 0.2) is 24.3 Å².